The molecule has 0 aliphatic carbocycles. The lowest BCUT2D eigenvalue weighted by Gasteiger charge is -2.22. The third-order valence-electron chi connectivity index (χ3n) is 3.07. The number of rotatable bonds is 3. The predicted molar refractivity (Wildman–Crippen MR) is 78.3 cm³/mol. The van der Waals surface area contributed by atoms with Gasteiger partial charge in [-0.15, -0.1) is 11.8 Å². The van der Waals surface area contributed by atoms with E-state index in [0.29, 0.717) is 18.1 Å². The summed E-state index contributed by atoms with van der Waals surface area (Å²) in [5.74, 6) is 0. The standard InChI is InChI=1S/C12H16N2O2S2/c1-18-10-4-2-3-7(11(10)12(13)17)14-5-8(15)9(16)6-14/h2-4,8-9,15-16H,5-6H2,1H3,(H2,13,17). The van der Waals surface area contributed by atoms with E-state index in [2.05, 4.69) is 0 Å². The number of anilines is 1. The molecule has 0 saturated carbocycles. The normalized spacial score (nSPS) is 23.4. The molecular weight excluding hydrogens is 268 g/mol. The molecule has 2 rings (SSSR count). The maximum Gasteiger partial charge on any atom is 0.107 e. The number of hydrogen-bond acceptors (Lipinski definition) is 5. The van der Waals surface area contributed by atoms with Crippen LogP contribution in [0.1, 0.15) is 5.56 Å². The van der Waals surface area contributed by atoms with E-state index in [1.807, 2.05) is 29.4 Å². The number of β-amino-alcohol motifs (C(OH)–C–C–N with tert-alkyl or cyclic N) is 2. The van der Waals surface area contributed by atoms with Gasteiger partial charge in [0, 0.05) is 29.2 Å². The number of aliphatic hydroxyl groups excluding tert-OH is 2. The molecule has 1 aromatic carbocycles. The Hall–Kier alpha value is -0.820. The Morgan fingerprint density at radius 3 is 2.50 bits per heavy atom. The number of benzene rings is 1. The quantitative estimate of drug-likeness (QED) is 0.557. The number of nitrogens with zero attached hydrogens (tertiary/aromatic N) is 1. The molecule has 4 nitrogen and oxygen atoms in total. The van der Waals surface area contributed by atoms with Gasteiger partial charge in [0.2, 0.25) is 0 Å². The van der Waals surface area contributed by atoms with Gasteiger partial charge in [-0.05, 0) is 18.4 Å². The topological polar surface area (TPSA) is 69.7 Å². The Morgan fingerprint density at radius 1 is 1.39 bits per heavy atom. The maximum atomic E-state index is 9.62. The highest BCUT2D eigenvalue weighted by atomic mass is 32.2. The molecule has 4 N–H and O–H groups in total. The van der Waals surface area contributed by atoms with Crippen molar-refractivity contribution in [3.63, 3.8) is 0 Å². The van der Waals surface area contributed by atoms with Crippen LogP contribution < -0.4 is 10.6 Å². The van der Waals surface area contributed by atoms with E-state index >= 15 is 0 Å². The first kappa shape index (κ1) is 13.6. The van der Waals surface area contributed by atoms with Crippen LogP contribution in [0.4, 0.5) is 5.69 Å². The van der Waals surface area contributed by atoms with Gasteiger partial charge in [-0.25, -0.2) is 0 Å². The largest absolute Gasteiger partial charge is 0.389 e. The van der Waals surface area contributed by atoms with Gasteiger partial charge in [0.25, 0.3) is 0 Å². The summed E-state index contributed by atoms with van der Waals surface area (Å²) in [5.41, 5.74) is 7.49. The fourth-order valence-electron chi connectivity index (χ4n) is 2.17. The van der Waals surface area contributed by atoms with Crippen LogP contribution in [0.2, 0.25) is 0 Å². The molecule has 0 aromatic heterocycles. The molecule has 2 atom stereocenters. The number of hydrogen-bond donors (Lipinski definition) is 3. The SMILES string of the molecule is CSc1cccc(N2CC(O)C(O)C2)c1C(N)=S. The second-order valence-electron chi connectivity index (χ2n) is 4.26. The number of aliphatic hydroxyl groups is 2. The zero-order valence-corrected chi connectivity index (χ0v) is 11.7. The summed E-state index contributed by atoms with van der Waals surface area (Å²) < 4.78 is 0. The molecule has 2 unspecified atom stereocenters. The molecule has 1 aromatic rings. The van der Waals surface area contributed by atoms with Crippen LogP contribution in [-0.4, -0.2) is 46.8 Å². The fourth-order valence-corrected chi connectivity index (χ4v) is 3.08. The summed E-state index contributed by atoms with van der Waals surface area (Å²) in [6.07, 6.45) is 0.526. The van der Waals surface area contributed by atoms with Gasteiger partial charge in [-0.3, -0.25) is 0 Å². The van der Waals surface area contributed by atoms with Gasteiger partial charge in [-0.1, -0.05) is 18.3 Å². The van der Waals surface area contributed by atoms with Crippen molar-refractivity contribution in [2.45, 2.75) is 17.1 Å². The van der Waals surface area contributed by atoms with E-state index in [9.17, 15) is 10.2 Å². The smallest absolute Gasteiger partial charge is 0.107 e. The van der Waals surface area contributed by atoms with Crippen LogP contribution in [0.3, 0.4) is 0 Å². The van der Waals surface area contributed by atoms with E-state index in [1.165, 1.54) is 0 Å². The lowest BCUT2D eigenvalue weighted by molar-refractivity contribution is 0.0572. The van der Waals surface area contributed by atoms with Crippen molar-refractivity contribution in [2.75, 3.05) is 24.2 Å². The molecule has 0 spiro atoms. The Bertz CT molecular complexity index is 457. The van der Waals surface area contributed by atoms with Crippen molar-refractivity contribution in [3.8, 4) is 0 Å². The van der Waals surface area contributed by atoms with Gasteiger partial charge in [-0.2, -0.15) is 0 Å². The average Bonchev–Trinajstić information content (AvgIpc) is 2.68. The molecular formula is C12H16N2O2S2. The number of thioether (sulfide) groups is 1. The lowest BCUT2D eigenvalue weighted by Crippen LogP contribution is -2.25. The van der Waals surface area contributed by atoms with Gasteiger partial charge in [0.05, 0.1) is 12.2 Å². The van der Waals surface area contributed by atoms with E-state index in [1.54, 1.807) is 11.8 Å². The number of nitrogens with two attached hydrogens (primary N) is 1. The lowest BCUT2D eigenvalue weighted by atomic mass is 10.1. The van der Waals surface area contributed by atoms with E-state index in [-0.39, 0.29) is 0 Å². The minimum absolute atomic E-state index is 0.339. The summed E-state index contributed by atoms with van der Waals surface area (Å²) >= 11 is 6.69. The van der Waals surface area contributed by atoms with E-state index in [0.717, 1.165) is 16.1 Å². The number of thiocarbonyl (C=S) groups is 1. The Labute approximate surface area is 116 Å². The molecule has 0 radical (unpaired) electrons. The Morgan fingerprint density at radius 2 is 2.00 bits per heavy atom. The third kappa shape index (κ3) is 2.47. The molecule has 6 heteroatoms. The highest BCUT2D eigenvalue weighted by Gasteiger charge is 2.31. The maximum absolute atomic E-state index is 9.62. The molecule has 1 saturated heterocycles. The van der Waals surface area contributed by atoms with Gasteiger partial charge in [0.1, 0.15) is 4.99 Å². The van der Waals surface area contributed by atoms with Crippen LogP contribution in [0.15, 0.2) is 23.1 Å². The minimum Gasteiger partial charge on any atom is -0.389 e. The van der Waals surface area contributed by atoms with E-state index < -0.39 is 12.2 Å². The van der Waals surface area contributed by atoms with Crippen LogP contribution in [0.25, 0.3) is 0 Å². The monoisotopic (exact) mass is 284 g/mol. The Balaban J connectivity index is 2.42. The zero-order chi connectivity index (χ0) is 13.3. The first-order valence-electron chi connectivity index (χ1n) is 5.62. The summed E-state index contributed by atoms with van der Waals surface area (Å²) in [4.78, 5) is 3.27. The van der Waals surface area contributed by atoms with Crippen LogP contribution in [0, 0.1) is 0 Å². The van der Waals surface area contributed by atoms with Crippen molar-refractivity contribution in [1.82, 2.24) is 0 Å². The van der Waals surface area contributed by atoms with Crippen LogP contribution >= 0.6 is 24.0 Å². The van der Waals surface area contributed by atoms with Gasteiger partial charge < -0.3 is 20.8 Å². The van der Waals surface area contributed by atoms with Gasteiger partial charge in [0.15, 0.2) is 0 Å². The molecule has 1 aliphatic rings. The second kappa shape index (κ2) is 5.44. The molecule has 0 bridgehead atoms. The van der Waals surface area contributed by atoms with Crippen LogP contribution in [0.5, 0.6) is 0 Å². The highest BCUT2D eigenvalue weighted by molar-refractivity contribution is 7.98. The van der Waals surface area contributed by atoms with Crippen molar-refractivity contribution in [1.29, 1.82) is 0 Å². The predicted octanol–water partition coefficient (Wildman–Crippen LogP) is 0.585. The first-order chi connectivity index (χ1) is 8.54. The molecule has 1 aliphatic heterocycles. The first-order valence-corrected chi connectivity index (χ1v) is 7.25. The summed E-state index contributed by atoms with van der Waals surface area (Å²) in [7, 11) is 0. The molecule has 1 fully saturated rings. The average molecular weight is 284 g/mol. The molecule has 98 valence electrons. The zero-order valence-electron chi connectivity index (χ0n) is 10.0. The van der Waals surface area contributed by atoms with Crippen LogP contribution in [-0.2, 0) is 0 Å². The summed E-state index contributed by atoms with van der Waals surface area (Å²) in [6.45, 7) is 0.795. The summed E-state index contributed by atoms with van der Waals surface area (Å²) in [6, 6.07) is 5.81. The van der Waals surface area contributed by atoms with E-state index in [4.69, 9.17) is 18.0 Å². The van der Waals surface area contributed by atoms with Crippen molar-refractivity contribution >= 4 is 34.7 Å². The fraction of sp³-hybridized carbons (Fsp3) is 0.417. The Kier molecular flexibility index (Phi) is 4.11. The van der Waals surface area contributed by atoms with Gasteiger partial charge >= 0.3 is 0 Å². The molecule has 18 heavy (non-hydrogen) atoms. The highest BCUT2D eigenvalue weighted by Crippen LogP contribution is 2.31. The second-order valence-corrected chi connectivity index (χ2v) is 5.55. The molecule has 1 heterocycles. The van der Waals surface area contributed by atoms with Crippen molar-refractivity contribution in [2.24, 2.45) is 5.73 Å². The minimum atomic E-state index is -0.720. The molecule has 0 amide bonds. The summed E-state index contributed by atoms with van der Waals surface area (Å²) in [5, 5.41) is 19.2. The van der Waals surface area contributed by atoms with Crippen molar-refractivity contribution < 1.29 is 10.2 Å². The third-order valence-corrected chi connectivity index (χ3v) is 4.05. The van der Waals surface area contributed by atoms with Crippen molar-refractivity contribution in [3.05, 3.63) is 23.8 Å².